The minimum absolute atomic E-state index is 0.107. The number of allylic oxidation sites excluding steroid dienone is 1. The second-order valence-corrected chi connectivity index (χ2v) is 4.94. The third-order valence-corrected chi connectivity index (χ3v) is 3.29. The molecule has 0 saturated carbocycles. The smallest absolute Gasteiger partial charge is 0.328 e. The van der Waals surface area contributed by atoms with Crippen LogP contribution in [-0.2, 0) is 9.53 Å². The Balaban J connectivity index is 2.19. The predicted octanol–water partition coefficient (Wildman–Crippen LogP) is 2.42. The second-order valence-electron chi connectivity index (χ2n) is 4.94. The van der Waals surface area contributed by atoms with E-state index in [2.05, 4.69) is 10.3 Å². The molecule has 2 rings (SSSR count). The summed E-state index contributed by atoms with van der Waals surface area (Å²) in [6.45, 7) is 2.32. The van der Waals surface area contributed by atoms with E-state index in [9.17, 15) is 4.79 Å². The monoisotopic (exact) mass is 289 g/mol. The SMILES string of the molecule is C/C(=C\C(=O)O)C(=N)c1cccnc1NC1CCCCO1. The molecular formula is C15H19N3O3. The summed E-state index contributed by atoms with van der Waals surface area (Å²) in [4.78, 5) is 15.0. The zero-order valence-corrected chi connectivity index (χ0v) is 11.9. The summed E-state index contributed by atoms with van der Waals surface area (Å²) in [5.41, 5.74) is 1.09. The van der Waals surface area contributed by atoms with Crippen LogP contribution in [0.1, 0.15) is 31.7 Å². The standard InChI is InChI=1S/C15H19N3O3/c1-10(9-13(19)20)14(16)11-5-4-7-17-15(11)18-12-6-2-3-8-21-12/h4-5,7,9,12,16H,2-3,6,8H2,1H3,(H,17,18)(H,19,20)/b10-9+,16-14?. The lowest BCUT2D eigenvalue weighted by atomic mass is 10.0. The van der Waals surface area contributed by atoms with Crippen molar-refractivity contribution in [2.45, 2.75) is 32.4 Å². The molecule has 0 spiro atoms. The van der Waals surface area contributed by atoms with Crippen molar-refractivity contribution in [3.63, 3.8) is 0 Å². The minimum atomic E-state index is -1.06. The molecule has 0 amide bonds. The van der Waals surface area contributed by atoms with Crippen molar-refractivity contribution >= 4 is 17.5 Å². The fraction of sp³-hybridized carbons (Fsp3) is 0.400. The number of aliphatic carboxylic acids is 1. The largest absolute Gasteiger partial charge is 0.478 e. The molecule has 112 valence electrons. The van der Waals surface area contributed by atoms with Gasteiger partial charge in [0.2, 0.25) is 0 Å². The number of carboxylic acid groups (broad SMARTS) is 1. The molecule has 1 saturated heterocycles. The lowest BCUT2D eigenvalue weighted by molar-refractivity contribution is -0.131. The molecular weight excluding hydrogens is 270 g/mol. The average Bonchev–Trinajstić information content (AvgIpc) is 2.47. The van der Waals surface area contributed by atoms with E-state index in [0.29, 0.717) is 17.0 Å². The predicted molar refractivity (Wildman–Crippen MR) is 79.7 cm³/mol. The summed E-state index contributed by atoms with van der Waals surface area (Å²) >= 11 is 0. The normalized spacial score (nSPS) is 19.1. The average molecular weight is 289 g/mol. The summed E-state index contributed by atoms with van der Waals surface area (Å²) in [5, 5.41) is 20.1. The molecule has 6 heteroatoms. The van der Waals surface area contributed by atoms with Crippen LogP contribution in [0.15, 0.2) is 30.0 Å². The Morgan fingerprint density at radius 2 is 2.38 bits per heavy atom. The van der Waals surface area contributed by atoms with Crippen LogP contribution < -0.4 is 5.32 Å². The number of hydrogen-bond donors (Lipinski definition) is 3. The quantitative estimate of drug-likeness (QED) is 0.571. The van der Waals surface area contributed by atoms with Gasteiger partial charge in [-0.3, -0.25) is 5.41 Å². The maximum absolute atomic E-state index is 10.7. The molecule has 0 bridgehead atoms. The number of aromatic nitrogens is 1. The molecule has 1 unspecified atom stereocenters. The molecule has 1 aliphatic rings. The summed E-state index contributed by atoms with van der Waals surface area (Å²) in [6, 6.07) is 3.48. The molecule has 0 aliphatic carbocycles. The van der Waals surface area contributed by atoms with Crippen molar-refractivity contribution in [3.8, 4) is 0 Å². The van der Waals surface area contributed by atoms with E-state index in [-0.39, 0.29) is 11.9 Å². The van der Waals surface area contributed by atoms with Gasteiger partial charge in [-0.25, -0.2) is 9.78 Å². The van der Waals surface area contributed by atoms with Crippen molar-refractivity contribution in [1.29, 1.82) is 5.41 Å². The van der Waals surface area contributed by atoms with Gasteiger partial charge in [0.15, 0.2) is 0 Å². The highest BCUT2D eigenvalue weighted by Gasteiger charge is 2.17. The molecule has 3 N–H and O–H groups in total. The molecule has 2 heterocycles. The van der Waals surface area contributed by atoms with Gasteiger partial charge in [-0.1, -0.05) is 0 Å². The number of pyridine rings is 1. The molecule has 6 nitrogen and oxygen atoms in total. The number of hydrogen-bond acceptors (Lipinski definition) is 5. The van der Waals surface area contributed by atoms with Crippen LogP contribution in [0.2, 0.25) is 0 Å². The number of rotatable bonds is 5. The fourth-order valence-electron chi connectivity index (χ4n) is 2.20. The lowest BCUT2D eigenvalue weighted by Crippen LogP contribution is -2.28. The van der Waals surface area contributed by atoms with Crippen LogP contribution in [0.5, 0.6) is 0 Å². The molecule has 0 radical (unpaired) electrons. The van der Waals surface area contributed by atoms with Gasteiger partial charge in [0, 0.05) is 24.4 Å². The van der Waals surface area contributed by atoms with E-state index >= 15 is 0 Å². The number of nitrogens with one attached hydrogen (secondary N) is 2. The number of carbonyl (C=O) groups is 1. The number of ether oxygens (including phenoxy) is 1. The number of nitrogens with zero attached hydrogens (tertiary/aromatic N) is 1. The molecule has 1 aromatic heterocycles. The summed E-state index contributed by atoms with van der Waals surface area (Å²) in [7, 11) is 0. The molecule has 0 aromatic carbocycles. The van der Waals surface area contributed by atoms with Crippen LogP contribution in [-0.4, -0.2) is 34.6 Å². The van der Waals surface area contributed by atoms with Gasteiger partial charge >= 0.3 is 5.97 Å². The van der Waals surface area contributed by atoms with Gasteiger partial charge in [-0.15, -0.1) is 0 Å². The van der Waals surface area contributed by atoms with Crippen molar-refractivity contribution in [1.82, 2.24) is 4.98 Å². The van der Waals surface area contributed by atoms with Crippen LogP contribution in [0.4, 0.5) is 5.82 Å². The topological polar surface area (TPSA) is 95.3 Å². The maximum Gasteiger partial charge on any atom is 0.328 e. The molecule has 21 heavy (non-hydrogen) atoms. The van der Waals surface area contributed by atoms with Gasteiger partial charge in [0.25, 0.3) is 0 Å². The van der Waals surface area contributed by atoms with Gasteiger partial charge in [-0.2, -0.15) is 0 Å². The third kappa shape index (κ3) is 4.13. The van der Waals surface area contributed by atoms with Crippen LogP contribution in [0.3, 0.4) is 0 Å². The zero-order chi connectivity index (χ0) is 15.2. The summed E-state index contributed by atoms with van der Waals surface area (Å²) < 4.78 is 5.61. The third-order valence-electron chi connectivity index (χ3n) is 3.29. The first-order valence-corrected chi connectivity index (χ1v) is 6.91. The van der Waals surface area contributed by atoms with Crippen molar-refractivity contribution in [2.75, 3.05) is 11.9 Å². The Labute approximate surface area is 123 Å². The Morgan fingerprint density at radius 3 is 3.05 bits per heavy atom. The first kappa shape index (κ1) is 15.2. The molecule has 1 fully saturated rings. The van der Waals surface area contributed by atoms with Crippen LogP contribution >= 0.6 is 0 Å². The van der Waals surface area contributed by atoms with Gasteiger partial charge < -0.3 is 15.2 Å². The van der Waals surface area contributed by atoms with E-state index < -0.39 is 5.97 Å². The van der Waals surface area contributed by atoms with E-state index in [1.807, 2.05) is 0 Å². The Bertz CT molecular complexity index is 563. The minimum Gasteiger partial charge on any atom is -0.478 e. The van der Waals surface area contributed by atoms with Crippen molar-refractivity contribution in [2.24, 2.45) is 0 Å². The van der Waals surface area contributed by atoms with E-state index in [1.165, 1.54) is 0 Å². The molecule has 1 atom stereocenters. The number of anilines is 1. The highest BCUT2D eigenvalue weighted by Crippen LogP contribution is 2.20. The van der Waals surface area contributed by atoms with Crippen LogP contribution in [0, 0.1) is 5.41 Å². The molecule has 1 aliphatic heterocycles. The number of carboxylic acids is 1. The van der Waals surface area contributed by atoms with E-state index in [0.717, 1.165) is 31.9 Å². The highest BCUT2D eigenvalue weighted by atomic mass is 16.5. The van der Waals surface area contributed by atoms with Crippen molar-refractivity contribution < 1.29 is 14.6 Å². The summed E-state index contributed by atoms with van der Waals surface area (Å²) in [6.07, 6.45) is 5.60. The van der Waals surface area contributed by atoms with E-state index in [4.69, 9.17) is 15.3 Å². The maximum atomic E-state index is 10.7. The van der Waals surface area contributed by atoms with Crippen molar-refractivity contribution in [3.05, 3.63) is 35.5 Å². The first-order valence-electron chi connectivity index (χ1n) is 6.91. The Morgan fingerprint density at radius 1 is 1.57 bits per heavy atom. The van der Waals surface area contributed by atoms with Gasteiger partial charge in [0.1, 0.15) is 12.0 Å². The fourth-order valence-corrected chi connectivity index (χ4v) is 2.20. The van der Waals surface area contributed by atoms with Crippen LogP contribution in [0.25, 0.3) is 0 Å². The Hall–Kier alpha value is -2.21. The van der Waals surface area contributed by atoms with Gasteiger partial charge in [-0.05, 0) is 43.9 Å². The lowest BCUT2D eigenvalue weighted by Gasteiger charge is -2.25. The van der Waals surface area contributed by atoms with Gasteiger partial charge in [0.05, 0.1) is 5.71 Å². The highest BCUT2D eigenvalue weighted by molar-refractivity contribution is 6.14. The second kappa shape index (κ2) is 6.99. The first-order chi connectivity index (χ1) is 10.1. The summed E-state index contributed by atoms with van der Waals surface area (Å²) in [5.74, 6) is -0.515. The Kier molecular flexibility index (Phi) is 5.05. The molecule has 1 aromatic rings. The zero-order valence-electron chi connectivity index (χ0n) is 11.9. The van der Waals surface area contributed by atoms with E-state index in [1.54, 1.807) is 25.3 Å².